The van der Waals surface area contributed by atoms with E-state index in [9.17, 15) is 4.79 Å². The zero-order valence-corrected chi connectivity index (χ0v) is 5.89. The average molecular weight is 132 g/mol. The maximum Gasteiger partial charge on any atom is 0.302 e. The molecule has 0 aliphatic carbocycles. The van der Waals surface area contributed by atoms with Crippen LogP contribution in [0.1, 0.15) is 13.8 Å². The highest BCUT2D eigenvalue weighted by atomic mass is 16.5. The zero-order chi connectivity index (χ0) is 7.86. The van der Waals surface area contributed by atoms with E-state index in [1.54, 1.807) is 0 Å². The van der Waals surface area contributed by atoms with Crippen molar-refractivity contribution in [3.63, 3.8) is 0 Å². The third-order valence-electron chi connectivity index (χ3n) is 0.287. The lowest BCUT2D eigenvalue weighted by molar-refractivity contribution is -0.137. The minimum Gasteiger partial charge on any atom is -0.469 e. The maximum absolute atomic E-state index is 9.59. The molecule has 3 N–H and O–H groups in total. The number of nitrogens with two attached hydrogens (primary N) is 1. The summed E-state index contributed by atoms with van der Waals surface area (Å²) in [6.45, 7) is 2.89. The number of methoxy groups -OCH3 is 1. The van der Waals surface area contributed by atoms with Gasteiger partial charge >= 0.3 is 5.97 Å². The first-order chi connectivity index (χ1) is 4.00. The predicted molar refractivity (Wildman–Crippen MR) is 35.3 cm³/mol. The molecule has 0 aromatic carbocycles. The summed E-state index contributed by atoms with van der Waals surface area (Å²) in [6.07, 6.45) is 0. The average Bonchev–Trinajstić information content (AvgIpc) is 1.65. The molecule has 0 atom stereocenters. The van der Waals surface area contributed by atoms with E-state index in [0.29, 0.717) is 0 Å². The number of hydrogen-bond donors (Lipinski definition) is 2. The first-order valence-electron chi connectivity index (χ1n) is 2.36. The number of nitrogens with one attached hydrogen (secondary N) is 1. The van der Waals surface area contributed by atoms with Crippen LogP contribution >= 0.6 is 0 Å². The van der Waals surface area contributed by atoms with Crippen LogP contribution in [-0.4, -0.2) is 18.9 Å². The van der Waals surface area contributed by atoms with E-state index in [1.807, 2.05) is 0 Å². The molecule has 4 heteroatoms. The molecule has 0 saturated heterocycles. The highest BCUT2D eigenvalue weighted by Gasteiger charge is 1.75. The van der Waals surface area contributed by atoms with Gasteiger partial charge in [0.15, 0.2) is 0 Å². The van der Waals surface area contributed by atoms with Gasteiger partial charge in [0.05, 0.1) is 12.9 Å². The Labute approximate surface area is 54.5 Å². The minimum atomic E-state index is -0.245. The van der Waals surface area contributed by atoms with Crippen molar-refractivity contribution in [2.75, 3.05) is 7.11 Å². The van der Waals surface area contributed by atoms with Gasteiger partial charge in [-0.3, -0.25) is 10.2 Å². The fourth-order valence-electron chi connectivity index (χ4n) is 0. The zero-order valence-electron chi connectivity index (χ0n) is 5.89. The molecule has 0 radical (unpaired) electrons. The summed E-state index contributed by atoms with van der Waals surface area (Å²) < 4.78 is 4.11. The van der Waals surface area contributed by atoms with Crippen LogP contribution in [0.5, 0.6) is 0 Å². The molecule has 0 aromatic rings. The van der Waals surface area contributed by atoms with Crippen molar-refractivity contribution in [3.05, 3.63) is 0 Å². The van der Waals surface area contributed by atoms with Crippen LogP contribution in [0.3, 0.4) is 0 Å². The van der Waals surface area contributed by atoms with E-state index in [4.69, 9.17) is 11.1 Å². The molecule has 0 aliphatic heterocycles. The lowest BCUT2D eigenvalue weighted by Gasteiger charge is -1.80. The van der Waals surface area contributed by atoms with Gasteiger partial charge in [0.1, 0.15) is 0 Å². The Kier molecular flexibility index (Phi) is 8.36. The molecule has 0 bridgehead atoms. The normalized spacial score (nSPS) is 6.56. The fraction of sp³-hybridized carbons (Fsp3) is 0.600. The summed E-state index contributed by atoms with van der Waals surface area (Å²) in [7, 11) is 1.35. The van der Waals surface area contributed by atoms with E-state index in [0.717, 1.165) is 0 Å². The van der Waals surface area contributed by atoms with Crippen LogP contribution in [0.15, 0.2) is 0 Å². The van der Waals surface area contributed by atoms with Crippen molar-refractivity contribution in [2.45, 2.75) is 13.8 Å². The summed E-state index contributed by atoms with van der Waals surface area (Å²) in [5.74, 6) is -0.0787. The summed E-state index contributed by atoms with van der Waals surface area (Å²) in [6, 6.07) is 0. The van der Waals surface area contributed by atoms with E-state index in [-0.39, 0.29) is 11.8 Å². The molecule has 0 heterocycles. The van der Waals surface area contributed by atoms with Gasteiger partial charge < -0.3 is 10.5 Å². The molecule has 9 heavy (non-hydrogen) atoms. The van der Waals surface area contributed by atoms with Crippen LogP contribution in [-0.2, 0) is 9.53 Å². The molecule has 0 saturated carbocycles. The van der Waals surface area contributed by atoms with Crippen LogP contribution in [0.25, 0.3) is 0 Å². The van der Waals surface area contributed by atoms with Crippen molar-refractivity contribution in [3.8, 4) is 0 Å². The number of ether oxygens (including phenoxy) is 1. The van der Waals surface area contributed by atoms with Crippen LogP contribution in [0.4, 0.5) is 0 Å². The SMILES string of the molecule is CC(=N)N.COC(C)=O. The molecule has 0 rings (SSSR count). The Balaban J connectivity index is 0. The van der Waals surface area contributed by atoms with Crippen molar-refractivity contribution >= 4 is 11.8 Å². The molecule has 0 spiro atoms. The van der Waals surface area contributed by atoms with Crippen molar-refractivity contribution < 1.29 is 9.53 Å². The van der Waals surface area contributed by atoms with E-state index in [2.05, 4.69) is 4.74 Å². The van der Waals surface area contributed by atoms with Crippen LogP contribution < -0.4 is 5.73 Å². The van der Waals surface area contributed by atoms with E-state index >= 15 is 0 Å². The molecule has 0 aliphatic rings. The van der Waals surface area contributed by atoms with Gasteiger partial charge in [0.25, 0.3) is 0 Å². The summed E-state index contributed by atoms with van der Waals surface area (Å²) in [5.41, 5.74) is 4.69. The van der Waals surface area contributed by atoms with Crippen molar-refractivity contribution in [1.29, 1.82) is 5.41 Å². The van der Waals surface area contributed by atoms with Crippen molar-refractivity contribution in [2.24, 2.45) is 5.73 Å². The third-order valence-corrected chi connectivity index (χ3v) is 0.287. The van der Waals surface area contributed by atoms with E-state index < -0.39 is 0 Å². The van der Waals surface area contributed by atoms with Crippen molar-refractivity contribution in [1.82, 2.24) is 0 Å². The second-order valence-corrected chi connectivity index (χ2v) is 1.38. The molecule has 54 valence electrons. The summed E-state index contributed by atoms with van der Waals surface area (Å²) in [4.78, 5) is 9.59. The first-order valence-corrected chi connectivity index (χ1v) is 2.36. The molecule has 0 fully saturated rings. The predicted octanol–water partition coefficient (Wildman–Crippen LogP) is 0.122. The third kappa shape index (κ3) is 192. The fourth-order valence-corrected chi connectivity index (χ4v) is 0. The van der Waals surface area contributed by atoms with Gasteiger partial charge in [-0.05, 0) is 6.92 Å². The topological polar surface area (TPSA) is 76.2 Å². The lowest BCUT2D eigenvalue weighted by Crippen LogP contribution is -2.00. The highest BCUT2D eigenvalue weighted by molar-refractivity contribution is 5.73. The second-order valence-electron chi connectivity index (χ2n) is 1.38. The van der Waals surface area contributed by atoms with Gasteiger partial charge in [0, 0.05) is 6.92 Å². The molecule has 0 aromatic heterocycles. The maximum atomic E-state index is 9.59. The van der Waals surface area contributed by atoms with E-state index in [1.165, 1.54) is 21.0 Å². The number of esters is 1. The minimum absolute atomic E-state index is 0.167. The smallest absolute Gasteiger partial charge is 0.302 e. The Hall–Kier alpha value is -1.06. The Morgan fingerprint density at radius 2 is 1.67 bits per heavy atom. The molecular weight excluding hydrogens is 120 g/mol. The number of carbonyl (C=O) groups is 1. The number of amidine groups is 1. The van der Waals surface area contributed by atoms with Gasteiger partial charge in [-0.1, -0.05) is 0 Å². The molecule has 0 unspecified atom stereocenters. The quantitative estimate of drug-likeness (QED) is 0.279. The first kappa shape index (κ1) is 10.8. The Bertz CT molecular complexity index is 97.1. The second kappa shape index (κ2) is 6.94. The lowest BCUT2D eigenvalue weighted by atomic mass is 10.8. The molecular formula is C5H12N2O2. The van der Waals surface area contributed by atoms with Crippen LogP contribution in [0, 0.1) is 5.41 Å². The van der Waals surface area contributed by atoms with Gasteiger partial charge in [0.2, 0.25) is 0 Å². The summed E-state index contributed by atoms with van der Waals surface area (Å²) >= 11 is 0. The largest absolute Gasteiger partial charge is 0.469 e. The Morgan fingerprint density at radius 3 is 1.67 bits per heavy atom. The molecule has 4 nitrogen and oxygen atoms in total. The van der Waals surface area contributed by atoms with Crippen LogP contribution in [0.2, 0.25) is 0 Å². The summed E-state index contributed by atoms with van der Waals surface area (Å²) in [5, 5.41) is 6.28. The standard InChI is InChI=1S/C3H6O2.C2H6N2/c1-3(4)5-2;1-2(3)4/h1-2H3;1H3,(H3,3,4). The van der Waals surface area contributed by atoms with Gasteiger partial charge in [-0.15, -0.1) is 0 Å². The monoisotopic (exact) mass is 132 g/mol. The number of hydrogen-bond acceptors (Lipinski definition) is 3. The van der Waals surface area contributed by atoms with Gasteiger partial charge in [-0.25, -0.2) is 0 Å². The number of carbonyl (C=O) groups excluding carboxylic acids is 1. The molecule has 0 amide bonds. The highest BCUT2D eigenvalue weighted by Crippen LogP contribution is 1.60. The van der Waals surface area contributed by atoms with Gasteiger partial charge in [-0.2, -0.15) is 0 Å². The number of rotatable bonds is 0. The Morgan fingerprint density at radius 1 is 1.56 bits per heavy atom.